The molecule has 0 bridgehead atoms. The fourth-order valence-corrected chi connectivity index (χ4v) is 8.01. The maximum atomic E-state index is 11.5. The lowest BCUT2D eigenvalue weighted by atomic mass is 10.2. The van der Waals surface area contributed by atoms with Gasteiger partial charge in [-0.05, 0) is 49.2 Å². The number of hydrogen-bond acceptors (Lipinski definition) is 2. The van der Waals surface area contributed by atoms with E-state index in [9.17, 15) is 4.79 Å². The van der Waals surface area contributed by atoms with Gasteiger partial charge < -0.3 is 28.7 Å². The molecule has 0 radical (unpaired) electrons. The molecule has 2 nitrogen and oxygen atoms in total. The first-order valence-corrected chi connectivity index (χ1v) is 11.4. The molecule has 0 saturated carbocycles. The number of benzene rings is 3. The minimum Gasteiger partial charge on any atom is -1.00 e. The minimum atomic E-state index is -1.77. The van der Waals surface area contributed by atoms with E-state index in [0.29, 0.717) is 6.42 Å². The van der Waals surface area contributed by atoms with E-state index in [1.807, 2.05) is 0 Å². The molecule has 0 atom stereocenters. The summed E-state index contributed by atoms with van der Waals surface area (Å²) in [6, 6.07) is 32.5. The van der Waals surface area contributed by atoms with E-state index in [1.54, 1.807) is 0 Å². The van der Waals surface area contributed by atoms with Crippen molar-refractivity contribution in [3.8, 4) is 0 Å². The van der Waals surface area contributed by atoms with Crippen molar-refractivity contribution in [2.75, 3.05) is 13.3 Å². The van der Waals surface area contributed by atoms with Crippen LogP contribution in [0.1, 0.15) is 19.3 Å². The molecule has 0 aromatic heterocycles. The van der Waals surface area contributed by atoms with Crippen molar-refractivity contribution in [3.63, 3.8) is 0 Å². The summed E-state index contributed by atoms with van der Waals surface area (Å²) in [6.45, 7) is 0. The fraction of sp³-hybridized carbons (Fsp3) is 0.208. The molecule has 0 aliphatic rings. The molecule has 4 heteroatoms. The molecule has 146 valence electrons. The van der Waals surface area contributed by atoms with Crippen molar-refractivity contribution in [2.45, 2.75) is 19.3 Å². The van der Waals surface area contributed by atoms with Crippen LogP contribution in [-0.2, 0) is 9.53 Å². The van der Waals surface area contributed by atoms with Gasteiger partial charge in [-0.3, -0.25) is 4.79 Å². The van der Waals surface area contributed by atoms with Crippen molar-refractivity contribution >= 4 is 29.1 Å². The average molecular weight is 504 g/mol. The number of rotatable bonds is 8. The zero-order valence-corrected chi connectivity index (χ0v) is 19.2. The molecule has 0 unspecified atom stereocenters. The summed E-state index contributed by atoms with van der Waals surface area (Å²) in [7, 11) is -0.318. The Hall–Kier alpha value is -1.71. The smallest absolute Gasteiger partial charge is 0.305 e. The SMILES string of the molecule is COC(=O)CCCC[P+](c1ccccc1)(c1ccccc1)c1ccccc1.[I-]. The molecule has 0 saturated heterocycles. The topological polar surface area (TPSA) is 26.3 Å². The van der Waals surface area contributed by atoms with Crippen LogP contribution in [0.25, 0.3) is 0 Å². The summed E-state index contributed by atoms with van der Waals surface area (Å²) in [5.41, 5.74) is 0. The van der Waals surface area contributed by atoms with Crippen molar-refractivity contribution in [1.82, 2.24) is 0 Å². The van der Waals surface area contributed by atoms with E-state index in [4.69, 9.17) is 4.74 Å². The molecule has 0 aliphatic carbocycles. The molecular weight excluding hydrogens is 478 g/mol. The largest absolute Gasteiger partial charge is 1.00 e. The third-order valence-electron chi connectivity index (χ3n) is 4.94. The molecule has 0 fully saturated rings. The maximum absolute atomic E-state index is 11.5. The molecule has 3 rings (SSSR count). The van der Waals surface area contributed by atoms with Gasteiger partial charge in [0.2, 0.25) is 0 Å². The van der Waals surface area contributed by atoms with E-state index in [2.05, 4.69) is 91.0 Å². The molecule has 0 aliphatic heterocycles. The standard InChI is InChI=1S/C24H26O2P.HI/c1-26-24(25)19-11-12-20-27(21-13-5-2-6-14-21,22-15-7-3-8-16-22)23-17-9-4-10-18-23;/h2-10,13-18H,11-12,19-20H2,1H3;1H/q+1;/p-1. The van der Waals surface area contributed by atoms with Gasteiger partial charge in [0.1, 0.15) is 23.2 Å². The number of halogens is 1. The molecule has 3 aromatic rings. The predicted octanol–water partition coefficient (Wildman–Crippen LogP) is 1.33. The van der Waals surface area contributed by atoms with Gasteiger partial charge in [0.05, 0.1) is 13.3 Å². The third-order valence-corrected chi connectivity index (χ3v) is 9.47. The van der Waals surface area contributed by atoms with Gasteiger partial charge in [0, 0.05) is 6.42 Å². The molecule has 0 amide bonds. The Morgan fingerprint density at radius 2 is 1.11 bits per heavy atom. The summed E-state index contributed by atoms with van der Waals surface area (Å²) in [6.07, 6.45) is 3.36. The Balaban J connectivity index is 0.00000280. The summed E-state index contributed by atoms with van der Waals surface area (Å²) >= 11 is 0. The monoisotopic (exact) mass is 504 g/mol. The number of esters is 1. The molecule has 0 heterocycles. The van der Waals surface area contributed by atoms with Gasteiger partial charge in [0.15, 0.2) is 0 Å². The molecule has 0 N–H and O–H groups in total. The zero-order chi connectivity index (χ0) is 19.0. The predicted molar refractivity (Wildman–Crippen MR) is 116 cm³/mol. The van der Waals surface area contributed by atoms with Gasteiger partial charge >= 0.3 is 5.97 Å². The van der Waals surface area contributed by atoms with Gasteiger partial charge in [-0.2, -0.15) is 0 Å². The number of unbranched alkanes of at least 4 members (excludes halogenated alkanes) is 1. The Morgan fingerprint density at radius 1 is 0.714 bits per heavy atom. The lowest BCUT2D eigenvalue weighted by Gasteiger charge is -2.27. The van der Waals surface area contributed by atoms with Crippen LogP contribution in [0.2, 0.25) is 0 Å². The Kier molecular flexibility index (Phi) is 9.14. The van der Waals surface area contributed by atoms with Crippen LogP contribution >= 0.6 is 7.26 Å². The number of methoxy groups -OCH3 is 1. The summed E-state index contributed by atoms with van der Waals surface area (Å²) in [5, 5.41) is 4.17. The molecule has 3 aromatic carbocycles. The first-order chi connectivity index (χ1) is 13.3. The summed E-state index contributed by atoms with van der Waals surface area (Å²) in [4.78, 5) is 11.5. The van der Waals surface area contributed by atoms with Crippen molar-refractivity contribution < 1.29 is 33.5 Å². The maximum Gasteiger partial charge on any atom is 0.305 e. The van der Waals surface area contributed by atoms with Gasteiger partial charge in [-0.1, -0.05) is 54.6 Å². The second-order valence-electron chi connectivity index (χ2n) is 6.57. The van der Waals surface area contributed by atoms with Crippen LogP contribution in [-0.4, -0.2) is 19.2 Å². The van der Waals surface area contributed by atoms with E-state index < -0.39 is 7.26 Å². The van der Waals surface area contributed by atoms with Crippen molar-refractivity contribution in [3.05, 3.63) is 91.0 Å². The lowest BCUT2D eigenvalue weighted by Crippen LogP contribution is -3.00. The average Bonchev–Trinajstić information content (AvgIpc) is 2.75. The van der Waals surface area contributed by atoms with Crippen LogP contribution in [0.4, 0.5) is 0 Å². The van der Waals surface area contributed by atoms with Crippen LogP contribution in [0.5, 0.6) is 0 Å². The van der Waals surface area contributed by atoms with Crippen LogP contribution in [0.15, 0.2) is 91.0 Å². The second-order valence-corrected chi connectivity index (χ2v) is 10.2. The first kappa shape index (κ1) is 22.6. The number of carbonyl (C=O) groups excluding carboxylic acids is 1. The highest BCUT2D eigenvalue weighted by Crippen LogP contribution is 2.55. The third kappa shape index (κ3) is 5.21. The first-order valence-electron chi connectivity index (χ1n) is 9.39. The quantitative estimate of drug-likeness (QED) is 0.200. The van der Waals surface area contributed by atoms with Gasteiger partial charge in [-0.15, -0.1) is 0 Å². The van der Waals surface area contributed by atoms with E-state index >= 15 is 0 Å². The zero-order valence-electron chi connectivity index (χ0n) is 16.1. The van der Waals surface area contributed by atoms with E-state index in [-0.39, 0.29) is 29.9 Å². The second kappa shape index (κ2) is 11.3. The van der Waals surface area contributed by atoms with Crippen molar-refractivity contribution in [2.24, 2.45) is 0 Å². The highest BCUT2D eigenvalue weighted by atomic mass is 127. The highest BCUT2D eigenvalue weighted by molar-refractivity contribution is 7.95. The van der Waals surface area contributed by atoms with Crippen molar-refractivity contribution in [1.29, 1.82) is 0 Å². The molecule has 0 spiro atoms. The normalized spacial score (nSPS) is 10.8. The van der Waals surface area contributed by atoms with Gasteiger partial charge in [-0.25, -0.2) is 0 Å². The molecule has 28 heavy (non-hydrogen) atoms. The summed E-state index contributed by atoms with van der Waals surface area (Å²) < 4.78 is 4.81. The Bertz CT molecular complexity index is 742. The van der Waals surface area contributed by atoms with E-state index in [1.165, 1.54) is 23.0 Å². The van der Waals surface area contributed by atoms with Crippen LogP contribution in [0.3, 0.4) is 0 Å². The fourth-order valence-electron chi connectivity index (χ4n) is 3.60. The number of ether oxygens (including phenoxy) is 1. The van der Waals surface area contributed by atoms with Crippen LogP contribution in [0, 0.1) is 0 Å². The van der Waals surface area contributed by atoms with E-state index in [0.717, 1.165) is 19.0 Å². The minimum absolute atomic E-state index is 0. The Morgan fingerprint density at radius 3 is 1.46 bits per heavy atom. The highest BCUT2D eigenvalue weighted by Gasteiger charge is 2.44. The Labute approximate surface area is 185 Å². The number of hydrogen-bond donors (Lipinski definition) is 0. The molecular formula is C24H26IO2P. The lowest BCUT2D eigenvalue weighted by molar-refractivity contribution is -0.140. The summed E-state index contributed by atoms with van der Waals surface area (Å²) in [5.74, 6) is -0.127. The van der Waals surface area contributed by atoms with Gasteiger partial charge in [0.25, 0.3) is 0 Å². The van der Waals surface area contributed by atoms with Crippen LogP contribution < -0.4 is 39.9 Å². The number of carbonyl (C=O) groups is 1.